The third kappa shape index (κ3) is 3.12. The highest BCUT2D eigenvalue weighted by molar-refractivity contribution is 6.39. The summed E-state index contributed by atoms with van der Waals surface area (Å²) in [5, 5.41) is 12.0. The molecule has 0 bridgehead atoms. The number of hydrogen-bond donors (Lipinski definition) is 2. The Morgan fingerprint density at radius 2 is 2.05 bits per heavy atom. The zero-order valence-electron chi connectivity index (χ0n) is 11.1. The van der Waals surface area contributed by atoms with Crippen LogP contribution in [0.25, 0.3) is 0 Å². The average molecular weight is 262 g/mol. The second-order valence-corrected chi connectivity index (χ2v) is 4.95. The topological polar surface area (TPSA) is 69.6 Å². The Morgan fingerprint density at radius 1 is 1.32 bits per heavy atom. The number of anilines is 1. The monoisotopic (exact) mass is 262 g/mol. The third-order valence-electron chi connectivity index (χ3n) is 3.41. The molecule has 1 aromatic carbocycles. The fourth-order valence-corrected chi connectivity index (χ4v) is 2.07. The van der Waals surface area contributed by atoms with E-state index in [1.807, 2.05) is 26.0 Å². The predicted molar refractivity (Wildman–Crippen MR) is 71.7 cm³/mol. The molecule has 2 N–H and O–H groups in total. The van der Waals surface area contributed by atoms with E-state index in [1.165, 1.54) is 4.90 Å². The zero-order chi connectivity index (χ0) is 14.0. The van der Waals surface area contributed by atoms with Crippen molar-refractivity contribution < 1.29 is 14.7 Å². The quantitative estimate of drug-likeness (QED) is 0.737. The number of nitrogens with one attached hydrogen (secondary N) is 1. The van der Waals surface area contributed by atoms with Crippen LogP contribution in [0.3, 0.4) is 0 Å². The first-order valence-electron chi connectivity index (χ1n) is 6.33. The Balaban J connectivity index is 2.00. The van der Waals surface area contributed by atoms with Crippen LogP contribution in [-0.4, -0.2) is 41.0 Å². The number of carbonyl (C=O) groups is 2. The van der Waals surface area contributed by atoms with Crippen LogP contribution in [0.5, 0.6) is 0 Å². The molecule has 0 aliphatic carbocycles. The van der Waals surface area contributed by atoms with Crippen molar-refractivity contribution in [3.63, 3.8) is 0 Å². The van der Waals surface area contributed by atoms with Crippen LogP contribution in [-0.2, 0) is 9.59 Å². The number of hydrogen-bond acceptors (Lipinski definition) is 3. The summed E-state index contributed by atoms with van der Waals surface area (Å²) in [5.41, 5.74) is 2.80. The van der Waals surface area contributed by atoms with Crippen molar-refractivity contribution in [3.8, 4) is 0 Å². The molecule has 0 radical (unpaired) electrons. The van der Waals surface area contributed by atoms with E-state index in [0.29, 0.717) is 18.7 Å². The Labute approximate surface area is 112 Å². The summed E-state index contributed by atoms with van der Waals surface area (Å²) < 4.78 is 0. The summed E-state index contributed by atoms with van der Waals surface area (Å²) in [4.78, 5) is 25.0. The molecule has 2 amide bonds. The van der Waals surface area contributed by atoms with Gasteiger partial charge in [0.2, 0.25) is 0 Å². The molecule has 5 nitrogen and oxygen atoms in total. The number of benzene rings is 1. The number of carbonyl (C=O) groups excluding carboxylic acids is 2. The minimum Gasteiger partial charge on any atom is -0.391 e. The highest BCUT2D eigenvalue weighted by Crippen LogP contribution is 2.15. The van der Waals surface area contributed by atoms with E-state index >= 15 is 0 Å². The second kappa shape index (κ2) is 5.40. The van der Waals surface area contributed by atoms with Gasteiger partial charge in [-0.25, -0.2) is 0 Å². The molecule has 19 heavy (non-hydrogen) atoms. The summed E-state index contributed by atoms with van der Waals surface area (Å²) in [6, 6.07) is 5.50. The third-order valence-corrected chi connectivity index (χ3v) is 3.41. The van der Waals surface area contributed by atoms with Crippen LogP contribution >= 0.6 is 0 Å². The number of likely N-dealkylation sites (tertiary alicyclic amines) is 1. The average Bonchev–Trinajstić information content (AvgIpc) is 2.79. The van der Waals surface area contributed by atoms with Crippen LogP contribution in [0.4, 0.5) is 5.69 Å². The van der Waals surface area contributed by atoms with Crippen LogP contribution in [0.2, 0.25) is 0 Å². The van der Waals surface area contributed by atoms with Crippen LogP contribution in [0.1, 0.15) is 17.5 Å². The fraction of sp³-hybridized carbons (Fsp3) is 0.429. The highest BCUT2D eigenvalue weighted by Gasteiger charge is 2.28. The lowest BCUT2D eigenvalue weighted by molar-refractivity contribution is -0.142. The lowest BCUT2D eigenvalue weighted by atomic mass is 10.1. The molecule has 0 unspecified atom stereocenters. The first kappa shape index (κ1) is 13.5. The largest absolute Gasteiger partial charge is 0.391 e. The molecule has 1 saturated heterocycles. The first-order valence-corrected chi connectivity index (χ1v) is 6.33. The van der Waals surface area contributed by atoms with Gasteiger partial charge < -0.3 is 15.3 Å². The zero-order valence-corrected chi connectivity index (χ0v) is 11.1. The minimum atomic E-state index is -0.655. The van der Waals surface area contributed by atoms with E-state index in [0.717, 1.165) is 11.1 Å². The molecular weight excluding hydrogens is 244 g/mol. The molecule has 1 heterocycles. The highest BCUT2D eigenvalue weighted by atomic mass is 16.3. The SMILES string of the molecule is Cc1ccc(NC(=O)C(=O)N2CC[C@H](O)C2)cc1C. The van der Waals surface area contributed by atoms with Crippen molar-refractivity contribution >= 4 is 17.5 Å². The normalized spacial score (nSPS) is 18.5. The number of nitrogens with zero attached hydrogens (tertiary/aromatic N) is 1. The van der Waals surface area contributed by atoms with Crippen molar-refractivity contribution in [2.24, 2.45) is 0 Å². The van der Waals surface area contributed by atoms with Gasteiger partial charge in [-0.15, -0.1) is 0 Å². The van der Waals surface area contributed by atoms with Crippen LogP contribution in [0, 0.1) is 13.8 Å². The predicted octanol–water partition coefficient (Wildman–Crippen LogP) is 0.835. The van der Waals surface area contributed by atoms with E-state index in [1.54, 1.807) is 6.07 Å². The van der Waals surface area contributed by atoms with Crippen molar-refractivity contribution in [1.29, 1.82) is 0 Å². The molecule has 1 fully saturated rings. The smallest absolute Gasteiger partial charge is 0.313 e. The van der Waals surface area contributed by atoms with Gasteiger partial charge in [0.15, 0.2) is 0 Å². The van der Waals surface area contributed by atoms with Gasteiger partial charge >= 0.3 is 11.8 Å². The molecule has 0 spiro atoms. The number of β-amino-alcohol motifs (C(OH)–C–C–N with tert-alkyl or cyclic N) is 1. The van der Waals surface area contributed by atoms with Gasteiger partial charge in [0.1, 0.15) is 0 Å². The van der Waals surface area contributed by atoms with Gasteiger partial charge in [0.25, 0.3) is 0 Å². The van der Waals surface area contributed by atoms with Crippen LogP contribution in [0.15, 0.2) is 18.2 Å². The van der Waals surface area contributed by atoms with E-state index in [9.17, 15) is 14.7 Å². The van der Waals surface area contributed by atoms with E-state index < -0.39 is 17.9 Å². The molecule has 102 valence electrons. The second-order valence-electron chi connectivity index (χ2n) is 4.95. The van der Waals surface area contributed by atoms with Gasteiger partial charge in [0.05, 0.1) is 6.10 Å². The Morgan fingerprint density at radius 3 is 2.63 bits per heavy atom. The maximum Gasteiger partial charge on any atom is 0.313 e. The van der Waals surface area contributed by atoms with E-state index in [-0.39, 0.29) is 6.54 Å². The number of aliphatic hydroxyl groups excluding tert-OH is 1. The molecule has 1 aliphatic heterocycles. The van der Waals surface area contributed by atoms with Crippen LogP contribution < -0.4 is 5.32 Å². The number of aliphatic hydroxyl groups is 1. The fourth-order valence-electron chi connectivity index (χ4n) is 2.07. The molecule has 0 aromatic heterocycles. The van der Waals surface area contributed by atoms with Crippen molar-refractivity contribution in [2.75, 3.05) is 18.4 Å². The molecule has 5 heteroatoms. The summed E-state index contributed by atoms with van der Waals surface area (Å²) >= 11 is 0. The Hall–Kier alpha value is -1.88. The number of aryl methyl sites for hydroxylation is 2. The molecule has 1 aliphatic rings. The van der Waals surface area contributed by atoms with E-state index in [2.05, 4.69) is 5.32 Å². The Bertz CT molecular complexity index is 513. The van der Waals surface area contributed by atoms with Gasteiger partial charge in [-0.1, -0.05) is 6.07 Å². The standard InChI is InChI=1S/C14H18N2O3/c1-9-3-4-11(7-10(9)2)15-13(18)14(19)16-6-5-12(17)8-16/h3-4,7,12,17H,5-6,8H2,1-2H3,(H,15,18)/t12-/m0/s1. The summed E-state index contributed by atoms with van der Waals surface area (Å²) in [6.07, 6.45) is 0.0150. The Kier molecular flexibility index (Phi) is 3.85. The molecule has 0 saturated carbocycles. The molecule has 2 rings (SSSR count). The summed E-state index contributed by atoms with van der Waals surface area (Å²) in [5.74, 6) is -1.24. The van der Waals surface area contributed by atoms with E-state index in [4.69, 9.17) is 0 Å². The van der Waals surface area contributed by atoms with Gasteiger partial charge in [-0.05, 0) is 43.5 Å². The summed E-state index contributed by atoms with van der Waals surface area (Å²) in [7, 11) is 0. The maximum absolute atomic E-state index is 11.8. The number of rotatable bonds is 1. The molecular formula is C14H18N2O3. The number of amides is 2. The van der Waals surface area contributed by atoms with Crippen molar-refractivity contribution in [1.82, 2.24) is 4.90 Å². The van der Waals surface area contributed by atoms with Gasteiger partial charge in [-0.3, -0.25) is 9.59 Å². The van der Waals surface area contributed by atoms with Gasteiger partial charge in [-0.2, -0.15) is 0 Å². The summed E-state index contributed by atoms with van der Waals surface area (Å²) in [6.45, 7) is 4.60. The molecule has 1 aromatic rings. The lowest BCUT2D eigenvalue weighted by Gasteiger charge is -2.15. The molecule has 1 atom stereocenters. The maximum atomic E-state index is 11.8. The van der Waals surface area contributed by atoms with Crippen molar-refractivity contribution in [2.45, 2.75) is 26.4 Å². The minimum absolute atomic E-state index is 0.235. The van der Waals surface area contributed by atoms with Gasteiger partial charge in [0, 0.05) is 18.8 Å². The lowest BCUT2D eigenvalue weighted by Crippen LogP contribution is -2.38. The first-order chi connectivity index (χ1) is 8.97. The van der Waals surface area contributed by atoms with Crippen molar-refractivity contribution in [3.05, 3.63) is 29.3 Å².